The first kappa shape index (κ1) is 8.12. The molecule has 0 amide bonds. The zero-order chi connectivity index (χ0) is 7.28. The minimum Gasteiger partial charge on any atom is -0.367 e. The van der Waals surface area contributed by atoms with E-state index in [2.05, 4.69) is 10.2 Å². The van der Waals surface area contributed by atoms with Crippen molar-refractivity contribution in [1.29, 1.82) is 0 Å². The number of hydrogen-bond donors (Lipinski definition) is 2. The molecule has 0 aromatic rings. The van der Waals surface area contributed by atoms with Crippen molar-refractivity contribution in [3.8, 4) is 0 Å². The molecule has 0 aliphatic rings. The summed E-state index contributed by atoms with van der Waals surface area (Å²) in [5, 5.41) is 19.4. The Bertz CT molecular complexity index is 95.8. The Kier molecular flexibility index (Phi) is 3.65. The Morgan fingerprint density at radius 3 is 2.89 bits per heavy atom. The highest BCUT2D eigenvalue weighted by molar-refractivity contribution is 4.37. The molecule has 0 radical (unpaired) electrons. The van der Waals surface area contributed by atoms with Gasteiger partial charge in [-0.25, -0.2) is 0 Å². The van der Waals surface area contributed by atoms with Crippen molar-refractivity contribution >= 4 is 0 Å². The number of nitrogens with one attached hydrogen (secondary N) is 1. The molecule has 0 fully saturated rings. The summed E-state index contributed by atoms with van der Waals surface area (Å²) in [4.78, 5) is 13.2. The second kappa shape index (κ2) is 4.04. The fourth-order valence-electron chi connectivity index (χ4n) is 0.311. The predicted octanol–water partition coefficient (Wildman–Crippen LogP) is -1.27. The SMILES string of the molecule is CNCC(O)O[N+](=O)[O-]. The smallest absolute Gasteiger partial charge is 0.297 e. The molecule has 1 atom stereocenters. The van der Waals surface area contributed by atoms with Gasteiger partial charge in [-0.05, 0) is 7.05 Å². The molecular weight excluding hydrogens is 128 g/mol. The zero-order valence-electron chi connectivity index (χ0n) is 4.90. The Balaban J connectivity index is 3.26. The first-order valence-corrected chi connectivity index (χ1v) is 2.30. The Labute approximate surface area is 51.5 Å². The van der Waals surface area contributed by atoms with Crippen LogP contribution in [0.15, 0.2) is 0 Å². The highest BCUT2D eigenvalue weighted by Gasteiger charge is 2.05. The van der Waals surface area contributed by atoms with Gasteiger partial charge >= 0.3 is 0 Å². The van der Waals surface area contributed by atoms with Gasteiger partial charge in [0.05, 0.1) is 0 Å². The fourth-order valence-corrected chi connectivity index (χ4v) is 0.311. The molecule has 0 aromatic carbocycles. The lowest BCUT2D eigenvalue weighted by Crippen LogP contribution is -2.28. The Hall–Kier alpha value is -0.880. The fraction of sp³-hybridized carbons (Fsp3) is 1.00. The van der Waals surface area contributed by atoms with Crippen molar-refractivity contribution in [2.45, 2.75) is 6.29 Å². The maximum Gasteiger partial charge on any atom is 0.297 e. The number of hydrogen-bond acceptors (Lipinski definition) is 5. The zero-order valence-corrected chi connectivity index (χ0v) is 4.90. The van der Waals surface area contributed by atoms with Crippen LogP contribution in [0.3, 0.4) is 0 Å². The molecule has 6 nitrogen and oxygen atoms in total. The van der Waals surface area contributed by atoms with Crippen LogP contribution in [0.1, 0.15) is 0 Å². The van der Waals surface area contributed by atoms with E-state index < -0.39 is 11.4 Å². The minimum atomic E-state index is -1.37. The molecule has 0 bridgehead atoms. The molecule has 6 heteroatoms. The van der Waals surface area contributed by atoms with E-state index in [9.17, 15) is 10.1 Å². The quantitative estimate of drug-likeness (QED) is 0.286. The topological polar surface area (TPSA) is 84.6 Å². The lowest BCUT2D eigenvalue weighted by molar-refractivity contribution is -0.779. The molecule has 0 saturated heterocycles. The van der Waals surface area contributed by atoms with Crippen LogP contribution in [0.5, 0.6) is 0 Å². The maximum absolute atomic E-state index is 9.48. The summed E-state index contributed by atoms with van der Waals surface area (Å²) < 4.78 is 0. The van der Waals surface area contributed by atoms with E-state index in [1.54, 1.807) is 7.05 Å². The van der Waals surface area contributed by atoms with Gasteiger partial charge in [0, 0.05) is 6.54 Å². The number of likely N-dealkylation sites (N-methyl/N-ethyl adjacent to an activating group) is 1. The van der Waals surface area contributed by atoms with Crippen LogP contribution in [0.2, 0.25) is 0 Å². The van der Waals surface area contributed by atoms with Gasteiger partial charge in [0.15, 0.2) is 0 Å². The molecular formula is C3H8N2O4. The maximum atomic E-state index is 9.48. The summed E-state index contributed by atoms with van der Waals surface area (Å²) in [6.45, 7) is 0.0426. The van der Waals surface area contributed by atoms with Crippen LogP contribution in [0.25, 0.3) is 0 Å². The molecule has 0 heterocycles. The molecule has 0 aromatic heterocycles. The van der Waals surface area contributed by atoms with Gasteiger partial charge in [0.1, 0.15) is 0 Å². The third kappa shape index (κ3) is 4.98. The van der Waals surface area contributed by atoms with Gasteiger partial charge in [-0.2, -0.15) is 0 Å². The van der Waals surface area contributed by atoms with Crippen LogP contribution < -0.4 is 5.32 Å². The second-order valence-corrected chi connectivity index (χ2v) is 1.34. The number of nitrogens with zero attached hydrogens (tertiary/aromatic N) is 1. The van der Waals surface area contributed by atoms with Crippen molar-refractivity contribution < 1.29 is 15.0 Å². The van der Waals surface area contributed by atoms with Gasteiger partial charge in [0.2, 0.25) is 6.29 Å². The van der Waals surface area contributed by atoms with Crippen molar-refractivity contribution in [2.24, 2.45) is 0 Å². The van der Waals surface area contributed by atoms with Crippen LogP contribution in [-0.2, 0) is 4.84 Å². The number of aliphatic hydroxyl groups is 1. The van der Waals surface area contributed by atoms with Crippen LogP contribution in [-0.4, -0.2) is 30.1 Å². The summed E-state index contributed by atoms with van der Waals surface area (Å²) in [7, 11) is 1.55. The molecule has 2 N–H and O–H groups in total. The van der Waals surface area contributed by atoms with E-state index >= 15 is 0 Å². The van der Waals surface area contributed by atoms with Crippen molar-refractivity contribution in [3.05, 3.63) is 10.1 Å². The van der Waals surface area contributed by atoms with Gasteiger partial charge in [-0.3, -0.25) is 4.84 Å². The summed E-state index contributed by atoms with van der Waals surface area (Å²) in [6, 6.07) is 0. The molecule has 1 unspecified atom stereocenters. The lowest BCUT2D eigenvalue weighted by atomic mass is 10.6. The molecule has 54 valence electrons. The second-order valence-electron chi connectivity index (χ2n) is 1.34. The van der Waals surface area contributed by atoms with E-state index in [0.29, 0.717) is 0 Å². The summed E-state index contributed by atoms with van der Waals surface area (Å²) in [5.74, 6) is 0. The summed E-state index contributed by atoms with van der Waals surface area (Å²) in [6.07, 6.45) is -1.37. The van der Waals surface area contributed by atoms with Crippen molar-refractivity contribution in [3.63, 3.8) is 0 Å². The molecule has 0 aliphatic heterocycles. The van der Waals surface area contributed by atoms with Crippen LogP contribution in [0.4, 0.5) is 0 Å². The van der Waals surface area contributed by atoms with Crippen molar-refractivity contribution in [1.82, 2.24) is 5.32 Å². The lowest BCUT2D eigenvalue weighted by Gasteiger charge is -2.04. The third-order valence-corrected chi connectivity index (χ3v) is 0.586. The van der Waals surface area contributed by atoms with E-state index in [0.717, 1.165) is 0 Å². The van der Waals surface area contributed by atoms with Gasteiger partial charge in [-0.1, -0.05) is 0 Å². The van der Waals surface area contributed by atoms with Gasteiger partial charge < -0.3 is 10.4 Å². The first-order chi connectivity index (χ1) is 4.16. The van der Waals surface area contributed by atoms with E-state index in [-0.39, 0.29) is 6.54 Å². The molecule has 0 rings (SSSR count). The van der Waals surface area contributed by atoms with E-state index in [1.807, 2.05) is 0 Å². The Morgan fingerprint density at radius 2 is 2.56 bits per heavy atom. The number of rotatable bonds is 4. The largest absolute Gasteiger partial charge is 0.367 e. The standard InChI is InChI=1S/C3H8N2O4/c1-4-2-3(6)9-5(7)8/h3-4,6H,2H2,1H3. The monoisotopic (exact) mass is 136 g/mol. The van der Waals surface area contributed by atoms with Crippen LogP contribution >= 0.6 is 0 Å². The average Bonchev–Trinajstić information content (AvgIpc) is 1.63. The number of aliphatic hydroxyl groups excluding tert-OH is 1. The highest BCUT2D eigenvalue weighted by Crippen LogP contribution is 1.82. The molecule has 0 aliphatic carbocycles. The molecule has 9 heavy (non-hydrogen) atoms. The average molecular weight is 136 g/mol. The molecule has 0 spiro atoms. The third-order valence-electron chi connectivity index (χ3n) is 0.586. The van der Waals surface area contributed by atoms with E-state index in [4.69, 9.17) is 5.11 Å². The van der Waals surface area contributed by atoms with Crippen molar-refractivity contribution in [2.75, 3.05) is 13.6 Å². The highest BCUT2D eigenvalue weighted by atomic mass is 17.0. The van der Waals surface area contributed by atoms with E-state index in [1.165, 1.54) is 0 Å². The van der Waals surface area contributed by atoms with Crippen LogP contribution in [0, 0.1) is 10.1 Å². The first-order valence-electron chi connectivity index (χ1n) is 2.30. The van der Waals surface area contributed by atoms with Gasteiger partial charge in [0.25, 0.3) is 5.09 Å². The summed E-state index contributed by atoms with van der Waals surface area (Å²) in [5.41, 5.74) is 0. The molecule has 0 saturated carbocycles. The normalized spacial score (nSPS) is 12.7. The van der Waals surface area contributed by atoms with Gasteiger partial charge in [-0.15, -0.1) is 10.1 Å². The summed E-state index contributed by atoms with van der Waals surface area (Å²) >= 11 is 0. The predicted molar refractivity (Wildman–Crippen MR) is 28.0 cm³/mol. The minimum absolute atomic E-state index is 0.0426. The Morgan fingerprint density at radius 1 is 2.00 bits per heavy atom.